The van der Waals surface area contributed by atoms with Crippen molar-refractivity contribution < 1.29 is 4.79 Å². The van der Waals surface area contributed by atoms with Gasteiger partial charge in [-0.25, -0.2) is 0 Å². The van der Waals surface area contributed by atoms with Gasteiger partial charge < -0.3 is 5.32 Å². The third kappa shape index (κ3) is 2.04. The van der Waals surface area contributed by atoms with Gasteiger partial charge in [-0.1, -0.05) is 27.7 Å². The molecule has 104 valence electrons. The minimum absolute atomic E-state index is 0.115. The van der Waals surface area contributed by atoms with Crippen molar-refractivity contribution in [2.24, 2.45) is 16.7 Å². The van der Waals surface area contributed by atoms with Crippen LogP contribution in [-0.2, 0) is 17.0 Å². The Kier molecular flexibility index (Phi) is 3.02. The van der Waals surface area contributed by atoms with Gasteiger partial charge in [-0.2, -0.15) is 11.8 Å². The molecule has 0 radical (unpaired) electrons. The molecule has 0 atom stereocenters. The van der Waals surface area contributed by atoms with E-state index in [1.165, 1.54) is 16.2 Å². The summed E-state index contributed by atoms with van der Waals surface area (Å²) in [7, 11) is 0. The van der Waals surface area contributed by atoms with E-state index in [0.717, 1.165) is 17.2 Å². The first-order valence-electron chi connectivity index (χ1n) is 6.84. The molecule has 1 saturated carbocycles. The van der Waals surface area contributed by atoms with Gasteiger partial charge in [0.15, 0.2) is 0 Å². The van der Waals surface area contributed by atoms with Crippen molar-refractivity contribution in [3.05, 3.63) is 16.5 Å². The summed E-state index contributed by atoms with van der Waals surface area (Å²) < 4.78 is 0. The molecular weight excluding hydrogens is 274 g/mol. The maximum atomic E-state index is 12.4. The molecule has 1 aliphatic heterocycles. The van der Waals surface area contributed by atoms with Gasteiger partial charge in [0.25, 0.3) is 0 Å². The summed E-state index contributed by atoms with van der Waals surface area (Å²) >= 11 is 3.74. The van der Waals surface area contributed by atoms with Crippen molar-refractivity contribution in [2.75, 3.05) is 11.1 Å². The van der Waals surface area contributed by atoms with E-state index in [1.54, 1.807) is 11.3 Å². The Hall–Kier alpha value is -0.480. The van der Waals surface area contributed by atoms with Gasteiger partial charge in [0.2, 0.25) is 5.91 Å². The van der Waals surface area contributed by atoms with Crippen LogP contribution in [0.2, 0.25) is 0 Å². The zero-order valence-corrected chi connectivity index (χ0v) is 13.6. The second-order valence-electron chi connectivity index (χ2n) is 6.73. The van der Waals surface area contributed by atoms with Crippen molar-refractivity contribution in [1.82, 2.24) is 0 Å². The molecule has 1 N–H and O–H groups in total. The van der Waals surface area contributed by atoms with E-state index < -0.39 is 0 Å². The van der Waals surface area contributed by atoms with Crippen molar-refractivity contribution in [3.63, 3.8) is 0 Å². The van der Waals surface area contributed by atoms with Gasteiger partial charge in [-0.05, 0) is 34.6 Å². The minimum Gasteiger partial charge on any atom is -0.317 e. The lowest BCUT2D eigenvalue weighted by molar-refractivity contribution is -0.118. The van der Waals surface area contributed by atoms with E-state index in [2.05, 4.69) is 39.1 Å². The highest BCUT2D eigenvalue weighted by molar-refractivity contribution is 7.98. The van der Waals surface area contributed by atoms with Crippen LogP contribution >= 0.6 is 23.1 Å². The molecule has 1 amide bonds. The molecule has 3 rings (SSSR count). The molecule has 0 bridgehead atoms. The van der Waals surface area contributed by atoms with Crippen molar-refractivity contribution in [3.8, 4) is 0 Å². The van der Waals surface area contributed by atoms with Crippen molar-refractivity contribution >= 4 is 34.0 Å². The fourth-order valence-corrected chi connectivity index (χ4v) is 5.53. The molecule has 4 heteroatoms. The third-order valence-corrected chi connectivity index (χ3v) is 7.44. The highest BCUT2D eigenvalue weighted by atomic mass is 32.2. The van der Waals surface area contributed by atoms with Gasteiger partial charge in [0.1, 0.15) is 0 Å². The first-order chi connectivity index (χ1) is 8.84. The monoisotopic (exact) mass is 295 g/mol. The normalized spacial score (nSPS) is 23.8. The van der Waals surface area contributed by atoms with Crippen LogP contribution in [0.15, 0.2) is 6.07 Å². The highest BCUT2D eigenvalue weighted by Crippen LogP contribution is 2.68. The van der Waals surface area contributed by atoms with Gasteiger partial charge in [0.05, 0.1) is 5.00 Å². The smallest absolute Gasteiger partial charge is 0.229 e. The average molecular weight is 295 g/mol. The molecular formula is C15H21NOS2. The first-order valence-corrected chi connectivity index (χ1v) is 8.81. The molecule has 19 heavy (non-hydrogen) atoms. The van der Waals surface area contributed by atoms with E-state index >= 15 is 0 Å². The van der Waals surface area contributed by atoms with E-state index in [-0.39, 0.29) is 22.7 Å². The van der Waals surface area contributed by atoms with Crippen molar-refractivity contribution in [2.45, 2.75) is 39.9 Å². The Labute approximate surface area is 123 Å². The molecule has 0 spiro atoms. The van der Waals surface area contributed by atoms with Crippen LogP contribution in [0.25, 0.3) is 0 Å². The molecule has 0 unspecified atom stereocenters. The second kappa shape index (κ2) is 4.26. The standard InChI is InChI=1S/C15H21NOS2/c1-14(2)12(15(14,3)4)13(17)16-11-7-9-5-6-18-8-10(9)19-11/h7,12H,5-6,8H2,1-4H3,(H,16,17). The lowest BCUT2D eigenvalue weighted by Gasteiger charge is -2.08. The SMILES string of the molecule is CC1(C)C(C(=O)Nc2cc3c(s2)CSCC3)C1(C)C. The lowest BCUT2D eigenvalue weighted by atomic mass is 10.0. The zero-order valence-electron chi connectivity index (χ0n) is 12.0. The number of amides is 1. The molecule has 1 fully saturated rings. The summed E-state index contributed by atoms with van der Waals surface area (Å²) in [5.74, 6) is 2.64. The number of hydrogen-bond donors (Lipinski definition) is 1. The van der Waals surface area contributed by atoms with Gasteiger partial charge >= 0.3 is 0 Å². The first kappa shape index (κ1) is 13.5. The van der Waals surface area contributed by atoms with Crippen LogP contribution in [0.1, 0.15) is 38.1 Å². The third-order valence-electron chi connectivity index (χ3n) is 5.17. The summed E-state index contributed by atoms with van der Waals surface area (Å²) in [4.78, 5) is 13.9. The quantitative estimate of drug-likeness (QED) is 0.887. The summed E-state index contributed by atoms with van der Waals surface area (Å²) in [5, 5.41) is 4.18. The summed E-state index contributed by atoms with van der Waals surface area (Å²) in [6, 6.07) is 2.18. The van der Waals surface area contributed by atoms with Crippen LogP contribution < -0.4 is 5.32 Å². The molecule has 2 nitrogen and oxygen atoms in total. The fraction of sp³-hybridized carbons (Fsp3) is 0.667. The predicted molar refractivity (Wildman–Crippen MR) is 83.9 cm³/mol. The molecule has 1 aromatic rings. The van der Waals surface area contributed by atoms with Gasteiger partial charge in [-0.3, -0.25) is 4.79 Å². The molecule has 0 aromatic carbocycles. The maximum Gasteiger partial charge on any atom is 0.229 e. The molecule has 2 heterocycles. The maximum absolute atomic E-state index is 12.4. The van der Waals surface area contributed by atoms with Crippen LogP contribution in [0.5, 0.6) is 0 Å². The predicted octanol–water partition coefficient (Wildman–Crippen LogP) is 4.16. The molecule has 1 aromatic heterocycles. The minimum atomic E-state index is 0.115. The number of carbonyl (C=O) groups is 1. The second-order valence-corrected chi connectivity index (χ2v) is 8.97. The van der Waals surface area contributed by atoms with Crippen LogP contribution in [0.3, 0.4) is 0 Å². The number of rotatable bonds is 2. The van der Waals surface area contributed by atoms with Gasteiger partial charge in [-0.15, -0.1) is 11.3 Å². The fourth-order valence-electron chi connectivity index (χ4n) is 3.25. The number of thioether (sulfide) groups is 1. The number of carbonyl (C=O) groups excluding carboxylic acids is 1. The Morgan fingerprint density at radius 1 is 1.32 bits per heavy atom. The van der Waals surface area contributed by atoms with Crippen molar-refractivity contribution in [1.29, 1.82) is 0 Å². The molecule has 1 aliphatic carbocycles. The Morgan fingerprint density at radius 3 is 2.58 bits per heavy atom. The van der Waals surface area contributed by atoms with Crippen LogP contribution in [0.4, 0.5) is 5.00 Å². The number of aryl methyl sites for hydroxylation is 1. The van der Waals surface area contributed by atoms with E-state index in [4.69, 9.17) is 0 Å². The number of hydrogen-bond acceptors (Lipinski definition) is 3. The summed E-state index contributed by atoms with van der Waals surface area (Å²) in [6.45, 7) is 8.75. The lowest BCUT2D eigenvalue weighted by Crippen LogP contribution is -2.16. The summed E-state index contributed by atoms with van der Waals surface area (Å²) in [5.41, 5.74) is 1.67. The zero-order chi connectivity index (χ0) is 13.8. The van der Waals surface area contributed by atoms with E-state index in [1.807, 2.05) is 11.8 Å². The topological polar surface area (TPSA) is 29.1 Å². The Balaban J connectivity index is 1.73. The summed E-state index contributed by atoms with van der Waals surface area (Å²) in [6.07, 6.45) is 1.15. The highest BCUT2D eigenvalue weighted by Gasteiger charge is 2.68. The largest absolute Gasteiger partial charge is 0.317 e. The van der Waals surface area contributed by atoms with Crippen LogP contribution in [0, 0.1) is 16.7 Å². The van der Waals surface area contributed by atoms with E-state index in [9.17, 15) is 4.79 Å². The van der Waals surface area contributed by atoms with Crippen LogP contribution in [-0.4, -0.2) is 11.7 Å². The average Bonchev–Trinajstić information content (AvgIpc) is 2.61. The molecule has 2 aliphatic rings. The van der Waals surface area contributed by atoms with Gasteiger partial charge in [0, 0.05) is 16.5 Å². The number of nitrogens with one attached hydrogen (secondary N) is 1. The number of anilines is 1. The number of fused-ring (bicyclic) bond motifs is 1. The Bertz CT molecular complexity index is 493. The Morgan fingerprint density at radius 2 is 2.00 bits per heavy atom. The number of thiophene rings is 1. The van der Waals surface area contributed by atoms with E-state index in [0.29, 0.717) is 0 Å². The molecule has 0 saturated heterocycles.